The van der Waals surface area contributed by atoms with E-state index in [1.165, 1.54) is 0 Å². The van der Waals surface area contributed by atoms with E-state index in [-0.39, 0.29) is 12.8 Å². The van der Waals surface area contributed by atoms with Crippen LogP contribution in [-0.4, -0.2) is 119 Å². The second-order valence-electron chi connectivity index (χ2n) is 11.0. The molecule has 3 fully saturated rings. The zero-order chi connectivity index (χ0) is 35.6. The molecule has 4 heterocycles. The number of fused-ring (bicyclic) bond motifs is 2. The minimum absolute atomic E-state index is 0.284. The van der Waals surface area contributed by atoms with Crippen molar-refractivity contribution in [2.24, 2.45) is 0 Å². The summed E-state index contributed by atoms with van der Waals surface area (Å²) in [6.07, 6.45) is -0.615. The monoisotopic (exact) mass is 689 g/mol. The van der Waals surface area contributed by atoms with Gasteiger partial charge in [-0.2, -0.15) is 9.78 Å². The molecule has 4 aliphatic heterocycles. The summed E-state index contributed by atoms with van der Waals surface area (Å²) in [5, 5.41) is 128. The van der Waals surface area contributed by atoms with Crippen LogP contribution in [0, 0.1) is 5.82 Å². The molecule has 0 radical (unpaired) electrons. The summed E-state index contributed by atoms with van der Waals surface area (Å²) in [5.74, 6) is -35.0. The first-order chi connectivity index (χ1) is 21.9. The molecule has 6 rings (SSSR count). The van der Waals surface area contributed by atoms with Gasteiger partial charge in [-0.05, 0) is 30.7 Å². The highest BCUT2D eigenvalue weighted by Gasteiger charge is 2.84. The summed E-state index contributed by atoms with van der Waals surface area (Å²) in [5.41, 5.74) is -4.35. The van der Waals surface area contributed by atoms with Crippen molar-refractivity contribution < 1.29 is 99.3 Å². The molecule has 3 saturated heterocycles. The van der Waals surface area contributed by atoms with Gasteiger partial charge in [0.1, 0.15) is 17.6 Å². The van der Waals surface area contributed by atoms with E-state index in [4.69, 9.17) is 4.74 Å². The summed E-state index contributed by atoms with van der Waals surface area (Å²) >= 11 is 0. The van der Waals surface area contributed by atoms with Crippen molar-refractivity contribution >= 4 is 17.7 Å². The average molecular weight is 689 g/mol. The van der Waals surface area contributed by atoms with Crippen LogP contribution in [0.5, 0.6) is 5.75 Å². The minimum Gasteiger partial charge on any atom is -0.435 e. The molecule has 3 atom stereocenters. The predicted octanol–water partition coefficient (Wildman–Crippen LogP) is -6.69. The molecule has 0 saturated carbocycles. The zero-order valence-electron chi connectivity index (χ0n) is 23.5. The van der Waals surface area contributed by atoms with E-state index in [1.54, 1.807) is 0 Å². The number of hydrogen-bond acceptors (Lipinski definition) is 20. The number of amides is 3. The van der Waals surface area contributed by atoms with Crippen LogP contribution in [0.3, 0.4) is 0 Å². The third-order valence-electron chi connectivity index (χ3n) is 7.96. The first-order valence-electron chi connectivity index (χ1n) is 13.3. The number of nitrogens with zero attached hydrogens (tertiary/aromatic N) is 2. The Morgan fingerprint density at radius 2 is 1.54 bits per heavy atom. The molecule has 2 aromatic carbocycles. The Bertz CT molecular complexity index is 1750. The van der Waals surface area contributed by atoms with E-state index in [9.17, 15) is 75.7 Å². The van der Waals surface area contributed by atoms with Crippen molar-refractivity contribution in [3.8, 4) is 5.75 Å². The molecule has 48 heavy (non-hydrogen) atoms. The van der Waals surface area contributed by atoms with E-state index in [2.05, 4.69) is 14.5 Å². The van der Waals surface area contributed by atoms with Crippen molar-refractivity contribution in [3.05, 3.63) is 64.5 Å². The number of carbonyl (C=O) groups is 3. The average Bonchev–Trinajstić information content (AvgIpc) is 3.36. The molecule has 3 amide bonds. The fraction of sp³-hybridized carbons (Fsp3) is 0.400. The lowest BCUT2D eigenvalue weighted by atomic mass is 10.0. The van der Waals surface area contributed by atoms with Crippen molar-refractivity contribution in [1.82, 2.24) is 15.1 Å². The Balaban J connectivity index is 1.39. The standard InChI is InChI=1S/C25H24FN3O19/c26-16-10(20(35)29-22(38,39)24(41,42)46-25(43,44)23(29,40)48-47-20)4-2-5-11(16)21(36,37)45-13-6-1-3-9-15(13)19(33,34)28(18(9)32)12-7-8-14(30)27-17(12)31/h1-6,12,33-44H,7-8H2,(H,27,30,31). The molecule has 23 heteroatoms. The molecule has 3 unspecified atom stereocenters. The van der Waals surface area contributed by atoms with Crippen molar-refractivity contribution in [3.63, 3.8) is 0 Å². The molecule has 2 aromatic rings. The molecule has 260 valence electrons. The van der Waals surface area contributed by atoms with Gasteiger partial charge >= 0.3 is 29.7 Å². The highest BCUT2D eigenvalue weighted by atomic mass is 19.1. The van der Waals surface area contributed by atoms with Gasteiger partial charge in [0.15, 0.2) is 0 Å². The smallest absolute Gasteiger partial charge is 0.359 e. The largest absolute Gasteiger partial charge is 0.435 e. The number of imide groups is 1. The maximum atomic E-state index is 16.1. The van der Waals surface area contributed by atoms with Crippen LogP contribution >= 0.6 is 0 Å². The third kappa shape index (κ3) is 4.41. The highest BCUT2D eigenvalue weighted by Crippen LogP contribution is 2.55. The number of nitrogens with one attached hydrogen (secondary N) is 1. The van der Waals surface area contributed by atoms with Gasteiger partial charge in [-0.1, -0.05) is 12.1 Å². The van der Waals surface area contributed by atoms with E-state index >= 15 is 4.39 Å². The number of carbonyl (C=O) groups excluding carboxylic acids is 3. The van der Waals surface area contributed by atoms with E-state index in [0.717, 1.165) is 18.2 Å². The number of hydrogen-bond donors (Lipinski definition) is 13. The van der Waals surface area contributed by atoms with Gasteiger partial charge in [-0.3, -0.25) is 29.3 Å². The molecule has 0 aromatic heterocycles. The number of halogens is 1. The number of benzene rings is 2. The van der Waals surface area contributed by atoms with Gasteiger partial charge in [0.2, 0.25) is 11.8 Å². The third-order valence-corrected chi connectivity index (χ3v) is 7.96. The van der Waals surface area contributed by atoms with Crippen LogP contribution in [0.2, 0.25) is 0 Å². The maximum absolute atomic E-state index is 16.1. The van der Waals surface area contributed by atoms with Gasteiger partial charge in [0.25, 0.3) is 17.7 Å². The quantitative estimate of drug-likeness (QED) is 0.0788. The maximum Gasteiger partial charge on any atom is 0.359 e. The van der Waals surface area contributed by atoms with Crippen LogP contribution in [0.15, 0.2) is 36.4 Å². The fourth-order valence-corrected chi connectivity index (χ4v) is 5.73. The Kier molecular flexibility index (Phi) is 7.15. The second kappa shape index (κ2) is 10.1. The lowest BCUT2D eigenvalue weighted by Gasteiger charge is -2.54. The van der Waals surface area contributed by atoms with E-state index in [0.29, 0.717) is 23.1 Å². The number of ether oxygens (including phenoxy) is 2. The van der Waals surface area contributed by atoms with E-state index in [1.807, 2.05) is 5.32 Å². The Labute approximate surface area is 263 Å². The number of rotatable bonds is 5. The molecule has 22 nitrogen and oxygen atoms in total. The summed E-state index contributed by atoms with van der Waals surface area (Å²) in [6, 6.07) is 3.11. The summed E-state index contributed by atoms with van der Waals surface area (Å²) in [4.78, 5) is 45.2. The Morgan fingerprint density at radius 1 is 0.896 bits per heavy atom. The zero-order valence-corrected chi connectivity index (χ0v) is 23.5. The molecule has 0 bridgehead atoms. The van der Waals surface area contributed by atoms with Gasteiger partial charge < -0.3 is 66.0 Å². The van der Waals surface area contributed by atoms with Gasteiger partial charge in [0.05, 0.1) is 22.3 Å². The van der Waals surface area contributed by atoms with Crippen LogP contribution in [-0.2, 0) is 41.9 Å². The molecular formula is C25H24FN3O19. The SMILES string of the molecule is O=C1CCC(N2C(=O)c3cccc(OC(O)(O)c4cccc(C5(O)OOC6(O)N5C(O)(O)C(O)(O)OC6(O)O)c4F)c3C2(O)O)C(=O)N1. The van der Waals surface area contributed by atoms with Crippen LogP contribution in [0.1, 0.15) is 39.9 Å². The first kappa shape index (κ1) is 34.0. The van der Waals surface area contributed by atoms with Gasteiger partial charge in [-0.25, -0.2) is 4.39 Å². The molecule has 13 N–H and O–H groups in total. The predicted molar refractivity (Wildman–Crippen MR) is 133 cm³/mol. The molecule has 4 aliphatic rings. The lowest BCUT2D eigenvalue weighted by Crippen LogP contribution is -2.85. The molecule has 0 spiro atoms. The molecular weight excluding hydrogens is 665 g/mol. The van der Waals surface area contributed by atoms with Crippen molar-refractivity contribution in [2.45, 2.75) is 60.4 Å². The van der Waals surface area contributed by atoms with Crippen molar-refractivity contribution in [1.29, 1.82) is 0 Å². The number of piperidine rings is 1. The topological polar surface area (TPSA) is 349 Å². The van der Waals surface area contributed by atoms with Gasteiger partial charge in [-0.15, -0.1) is 4.90 Å². The summed E-state index contributed by atoms with van der Waals surface area (Å²) in [6.45, 7) is 0. The Morgan fingerprint density at radius 3 is 2.19 bits per heavy atom. The summed E-state index contributed by atoms with van der Waals surface area (Å²) in [7, 11) is 0. The lowest BCUT2D eigenvalue weighted by molar-refractivity contribution is -0.660. The van der Waals surface area contributed by atoms with Crippen LogP contribution in [0.4, 0.5) is 4.39 Å². The normalized spacial score (nSPS) is 30.6. The molecule has 0 aliphatic carbocycles. The van der Waals surface area contributed by atoms with Crippen molar-refractivity contribution in [2.75, 3.05) is 0 Å². The van der Waals surface area contributed by atoms with Crippen LogP contribution in [0.25, 0.3) is 0 Å². The summed E-state index contributed by atoms with van der Waals surface area (Å²) < 4.78 is 25.0. The minimum atomic E-state index is -4.56. The Hall–Kier alpha value is -3.86. The highest BCUT2D eigenvalue weighted by molar-refractivity contribution is 6.06. The first-order valence-corrected chi connectivity index (χ1v) is 13.3. The van der Waals surface area contributed by atoms with Gasteiger partial charge in [0, 0.05) is 6.42 Å². The second-order valence-corrected chi connectivity index (χ2v) is 11.0. The number of aliphatic hydroxyl groups is 12. The van der Waals surface area contributed by atoms with Crippen LogP contribution < -0.4 is 10.1 Å². The fourth-order valence-electron chi connectivity index (χ4n) is 5.73. The number of morpholine rings is 1. The van der Waals surface area contributed by atoms with E-state index < -0.39 is 104 Å².